The van der Waals surface area contributed by atoms with E-state index in [-0.39, 0.29) is 6.29 Å². The smallest absolute Gasteiger partial charge is 0.201 e. The molecular formula is C40H27N3O. The molecule has 0 spiro atoms. The molecule has 3 heterocycles. The Balaban J connectivity index is 1.24. The van der Waals surface area contributed by atoms with Gasteiger partial charge in [-0.25, -0.2) is 4.99 Å². The second-order valence-corrected chi connectivity index (χ2v) is 11.2. The fraction of sp³-hybridized carbons (Fsp3) is 0.0250. The van der Waals surface area contributed by atoms with Crippen LogP contribution in [0.4, 0.5) is 0 Å². The van der Waals surface area contributed by atoms with E-state index in [1.165, 1.54) is 10.8 Å². The number of fused-ring (bicyclic) bond motifs is 6. The molecule has 2 aromatic heterocycles. The summed E-state index contributed by atoms with van der Waals surface area (Å²) in [5.74, 6) is 0. The summed E-state index contributed by atoms with van der Waals surface area (Å²) in [7, 11) is 0. The first-order valence-electron chi connectivity index (χ1n) is 14.9. The summed E-state index contributed by atoms with van der Waals surface area (Å²) in [4.78, 5) is 5.29. The minimum absolute atomic E-state index is 0.336. The molecule has 208 valence electrons. The van der Waals surface area contributed by atoms with E-state index in [2.05, 4.69) is 137 Å². The predicted molar refractivity (Wildman–Crippen MR) is 182 cm³/mol. The highest BCUT2D eigenvalue weighted by Gasteiger charge is 2.24. The van der Waals surface area contributed by atoms with Crippen molar-refractivity contribution in [2.75, 3.05) is 0 Å². The highest BCUT2D eigenvalue weighted by Crippen LogP contribution is 2.39. The number of rotatable bonds is 4. The number of hydrogen-bond donors (Lipinski definition) is 1. The Kier molecular flexibility index (Phi) is 5.53. The Morgan fingerprint density at radius 2 is 1.23 bits per heavy atom. The lowest BCUT2D eigenvalue weighted by Crippen LogP contribution is -2.29. The van der Waals surface area contributed by atoms with Crippen molar-refractivity contribution in [2.24, 2.45) is 4.99 Å². The maximum atomic E-state index is 6.41. The number of nitrogens with zero attached hydrogens (tertiary/aromatic N) is 2. The van der Waals surface area contributed by atoms with Crippen LogP contribution < -0.4 is 5.32 Å². The molecule has 1 atom stereocenters. The number of aliphatic imine (C=N–C) groups is 1. The first-order valence-corrected chi connectivity index (χ1v) is 14.9. The van der Waals surface area contributed by atoms with Crippen LogP contribution in [-0.4, -0.2) is 10.3 Å². The van der Waals surface area contributed by atoms with Gasteiger partial charge in [-0.15, -0.1) is 0 Å². The van der Waals surface area contributed by atoms with Crippen LogP contribution in [0.1, 0.15) is 17.4 Å². The maximum Gasteiger partial charge on any atom is 0.201 e. The third-order valence-electron chi connectivity index (χ3n) is 8.65. The summed E-state index contributed by atoms with van der Waals surface area (Å²) in [5.41, 5.74) is 10.5. The van der Waals surface area contributed by atoms with Gasteiger partial charge in [0.05, 0.1) is 16.7 Å². The van der Waals surface area contributed by atoms with E-state index in [0.717, 1.165) is 66.6 Å². The van der Waals surface area contributed by atoms with E-state index in [0.29, 0.717) is 0 Å². The Labute approximate surface area is 254 Å². The standard InChI is InChI=1S/C40H27N3O/c1-3-12-26(13-4-1)34-25-35(27-14-5-2-6-15-27)42-40(41-34)43-36-20-9-7-16-30(36)33-24-28(22-23-37(33)43)29-18-11-19-32-31-17-8-10-21-38(31)44-39(29)32/h1-25,40-41H. The van der Waals surface area contributed by atoms with Crippen molar-refractivity contribution in [1.29, 1.82) is 0 Å². The van der Waals surface area contributed by atoms with Crippen molar-refractivity contribution in [3.8, 4) is 11.1 Å². The molecule has 6 aromatic carbocycles. The summed E-state index contributed by atoms with van der Waals surface area (Å²) >= 11 is 0. The summed E-state index contributed by atoms with van der Waals surface area (Å²) in [5, 5.41) is 8.41. The molecule has 0 bridgehead atoms. The van der Waals surface area contributed by atoms with Crippen molar-refractivity contribution in [3.05, 3.63) is 163 Å². The zero-order valence-electron chi connectivity index (χ0n) is 23.8. The van der Waals surface area contributed by atoms with Gasteiger partial charge in [-0.3, -0.25) is 0 Å². The zero-order chi connectivity index (χ0) is 29.0. The van der Waals surface area contributed by atoms with Crippen molar-refractivity contribution in [3.63, 3.8) is 0 Å². The Hall–Kier alpha value is -5.87. The molecule has 1 unspecified atom stereocenters. The van der Waals surface area contributed by atoms with E-state index in [1.807, 2.05) is 24.3 Å². The number of allylic oxidation sites excluding steroid dienone is 1. The van der Waals surface area contributed by atoms with Gasteiger partial charge in [-0.05, 0) is 47.0 Å². The van der Waals surface area contributed by atoms with Crippen molar-refractivity contribution in [2.45, 2.75) is 6.29 Å². The average molecular weight is 566 g/mol. The number of furan rings is 1. The highest BCUT2D eigenvalue weighted by molar-refractivity contribution is 6.14. The van der Waals surface area contributed by atoms with Gasteiger partial charge in [0.2, 0.25) is 6.29 Å². The SMILES string of the molecule is C1=C(c2ccccc2)NC(n2c3ccccc3c3cc(-c4cccc5c4oc4ccccc45)ccc32)N=C1c1ccccc1. The van der Waals surface area contributed by atoms with E-state index in [1.54, 1.807) is 0 Å². The second kappa shape index (κ2) is 9.85. The van der Waals surface area contributed by atoms with Crippen LogP contribution >= 0.6 is 0 Å². The molecule has 1 N–H and O–H groups in total. The van der Waals surface area contributed by atoms with Gasteiger partial charge in [0.25, 0.3) is 0 Å². The summed E-state index contributed by atoms with van der Waals surface area (Å²) in [6.45, 7) is 0. The number of aromatic nitrogens is 1. The van der Waals surface area contributed by atoms with Crippen LogP contribution in [0, 0.1) is 0 Å². The zero-order valence-corrected chi connectivity index (χ0v) is 23.8. The molecule has 0 radical (unpaired) electrons. The first kappa shape index (κ1) is 24.7. The summed E-state index contributed by atoms with van der Waals surface area (Å²) < 4.78 is 8.73. The Morgan fingerprint density at radius 3 is 2.07 bits per heavy atom. The van der Waals surface area contributed by atoms with E-state index < -0.39 is 0 Å². The van der Waals surface area contributed by atoms with E-state index >= 15 is 0 Å². The molecule has 44 heavy (non-hydrogen) atoms. The lowest BCUT2D eigenvalue weighted by molar-refractivity contribution is 0.508. The lowest BCUT2D eigenvalue weighted by atomic mass is 10.0. The monoisotopic (exact) mass is 565 g/mol. The Bertz CT molecular complexity index is 2410. The Morgan fingerprint density at radius 1 is 0.545 bits per heavy atom. The molecule has 0 saturated carbocycles. The van der Waals surface area contributed by atoms with Crippen LogP contribution in [0.3, 0.4) is 0 Å². The largest absolute Gasteiger partial charge is 0.455 e. The third-order valence-corrected chi connectivity index (χ3v) is 8.65. The maximum absolute atomic E-state index is 6.41. The molecule has 4 heteroatoms. The van der Waals surface area contributed by atoms with Gasteiger partial charge in [0.1, 0.15) is 11.2 Å². The molecule has 4 nitrogen and oxygen atoms in total. The normalized spacial score (nSPS) is 15.0. The van der Waals surface area contributed by atoms with Crippen LogP contribution in [0.25, 0.3) is 60.6 Å². The van der Waals surface area contributed by atoms with Crippen molar-refractivity contribution in [1.82, 2.24) is 9.88 Å². The third kappa shape index (κ3) is 3.89. The molecule has 9 rings (SSSR count). The number of benzene rings is 6. The van der Waals surface area contributed by atoms with Gasteiger partial charge >= 0.3 is 0 Å². The predicted octanol–water partition coefficient (Wildman–Crippen LogP) is 9.95. The number of para-hydroxylation sites is 3. The minimum atomic E-state index is -0.336. The molecule has 0 amide bonds. The molecule has 0 saturated heterocycles. The molecule has 0 fully saturated rings. The topological polar surface area (TPSA) is 42.5 Å². The molecule has 1 aliphatic rings. The van der Waals surface area contributed by atoms with Crippen LogP contribution in [0.5, 0.6) is 0 Å². The molecule has 0 aliphatic carbocycles. The van der Waals surface area contributed by atoms with Crippen LogP contribution in [0.15, 0.2) is 161 Å². The van der Waals surface area contributed by atoms with Crippen molar-refractivity contribution < 1.29 is 4.42 Å². The lowest BCUT2D eigenvalue weighted by Gasteiger charge is -2.27. The van der Waals surface area contributed by atoms with Crippen LogP contribution in [0.2, 0.25) is 0 Å². The van der Waals surface area contributed by atoms with E-state index in [4.69, 9.17) is 9.41 Å². The molecule has 1 aliphatic heterocycles. The summed E-state index contributed by atoms with van der Waals surface area (Å²) in [6, 6.07) is 50.9. The summed E-state index contributed by atoms with van der Waals surface area (Å²) in [6.07, 6.45) is 1.82. The molecule has 8 aromatic rings. The number of hydrogen-bond acceptors (Lipinski definition) is 3. The van der Waals surface area contributed by atoms with Crippen LogP contribution in [-0.2, 0) is 0 Å². The van der Waals surface area contributed by atoms with Crippen molar-refractivity contribution >= 4 is 55.2 Å². The van der Waals surface area contributed by atoms with Gasteiger partial charge in [-0.1, -0.05) is 121 Å². The minimum Gasteiger partial charge on any atom is -0.455 e. The fourth-order valence-electron chi connectivity index (χ4n) is 6.60. The van der Waals surface area contributed by atoms with Gasteiger partial charge < -0.3 is 14.3 Å². The number of nitrogens with one attached hydrogen (secondary N) is 1. The van der Waals surface area contributed by atoms with E-state index in [9.17, 15) is 0 Å². The fourth-order valence-corrected chi connectivity index (χ4v) is 6.60. The molecular weight excluding hydrogens is 538 g/mol. The first-order chi connectivity index (χ1) is 21.8. The van der Waals surface area contributed by atoms with Gasteiger partial charge in [0, 0.05) is 32.8 Å². The van der Waals surface area contributed by atoms with Gasteiger partial charge in [0.15, 0.2) is 0 Å². The quantitative estimate of drug-likeness (QED) is 0.231. The highest BCUT2D eigenvalue weighted by atomic mass is 16.3. The average Bonchev–Trinajstić information content (AvgIpc) is 3.64. The second-order valence-electron chi connectivity index (χ2n) is 11.2. The van der Waals surface area contributed by atoms with Gasteiger partial charge in [-0.2, -0.15) is 0 Å².